The molecule has 1 saturated heterocycles. The first-order valence-corrected chi connectivity index (χ1v) is 11.3. The maximum Gasteiger partial charge on any atom is 0.418 e. The van der Waals surface area contributed by atoms with Crippen molar-refractivity contribution < 1.29 is 27.5 Å². The van der Waals surface area contributed by atoms with E-state index >= 15 is 0 Å². The second-order valence-electron chi connectivity index (χ2n) is 8.21. The number of aromatic nitrogens is 3. The Bertz CT molecular complexity index is 1360. The van der Waals surface area contributed by atoms with Gasteiger partial charge in [-0.2, -0.15) is 18.3 Å². The highest BCUT2D eigenvalue weighted by Crippen LogP contribution is 2.37. The van der Waals surface area contributed by atoms with Gasteiger partial charge in [0.05, 0.1) is 53.7 Å². The van der Waals surface area contributed by atoms with Gasteiger partial charge in [-0.25, -0.2) is 5.10 Å². The van der Waals surface area contributed by atoms with E-state index in [4.69, 9.17) is 16.3 Å². The molecular weight excluding hydrogens is 517 g/mol. The highest BCUT2D eigenvalue weighted by Gasteiger charge is 2.44. The minimum absolute atomic E-state index is 0.0121. The second-order valence-corrected chi connectivity index (χ2v) is 8.64. The van der Waals surface area contributed by atoms with Crippen molar-refractivity contribution in [1.29, 1.82) is 0 Å². The molecule has 1 fully saturated rings. The van der Waals surface area contributed by atoms with Gasteiger partial charge in [0.2, 0.25) is 5.91 Å². The summed E-state index contributed by atoms with van der Waals surface area (Å²) < 4.78 is 45.3. The van der Waals surface area contributed by atoms with Gasteiger partial charge in [-0.05, 0) is 30.3 Å². The summed E-state index contributed by atoms with van der Waals surface area (Å²) in [5, 5.41) is 13.7. The number of H-pyrrole nitrogens is 1. The average Bonchev–Trinajstić information content (AvgIpc) is 3.33. The van der Waals surface area contributed by atoms with Crippen molar-refractivity contribution in [2.75, 3.05) is 18.5 Å². The number of aromatic amines is 1. The zero-order valence-electron chi connectivity index (χ0n) is 19.0. The number of pyridine rings is 1. The van der Waals surface area contributed by atoms with Crippen LogP contribution in [-0.2, 0) is 22.3 Å². The molecule has 4 N–H and O–H groups in total. The number of rotatable bonds is 7. The number of benzene rings is 1. The Labute approximate surface area is 212 Å². The molecule has 1 atom stereocenters. The lowest BCUT2D eigenvalue weighted by Crippen LogP contribution is -2.59. The first kappa shape index (κ1) is 26.1. The molecule has 0 saturated carbocycles. The number of ether oxygens (including phenoxy) is 1. The number of halogens is 4. The van der Waals surface area contributed by atoms with E-state index in [0.29, 0.717) is 11.4 Å². The lowest BCUT2D eigenvalue weighted by Gasteiger charge is -2.27. The topological polar surface area (TPSA) is 138 Å². The number of hydrogen-bond acceptors (Lipinski definition) is 7. The molecule has 37 heavy (non-hydrogen) atoms. The van der Waals surface area contributed by atoms with Gasteiger partial charge in [0.25, 0.3) is 11.5 Å². The number of hydrogen-bond donors (Lipinski definition) is 4. The fourth-order valence-corrected chi connectivity index (χ4v) is 3.82. The van der Waals surface area contributed by atoms with Crippen LogP contribution in [0.5, 0.6) is 0 Å². The number of nitrogens with zero attached hydrogens (tertiary/aromatic N) is 2. The summed E-state index contributed by atoms with van der Waals surface area (Å²) >= 11 is 5.71. The van der Waals surface area contributed by atoms with E-state index in [1.54, 1.807) is 0 Å². The quantitative estimate of drug-likeness (QED) is 0.364. The van der Waals surface area contributed by atoms with E-state index in [1.165, 1.54) is 36.7 Å². The molecule has 2 aromatic heterocycles. The Kier molecular flexibility index (Phi) is 7.45. The third-order valence-electron chi connectivity index (χ3n) is 5.56. The number of nitrogens with one attached hydrogen (secondary N) is 4. The highest BCUT2D eigenvalue weighted by atomic mass is 35.5. The molecule has 194 valence electrons. The van der Waals surface area contributed by atoms with Crippen LogP contribution in [0.2, 0.25) is 5.02 Å². The lowest BCUT2D eigenvalue weighted by molar-refractivity contribution is -0.137. The van der Waals surface area contributed by atoms with E-state index < -0.39 is 34.7 Å². The molecule has 0 bridgehead atoms. The summed E-state index contributed by atoms with van der Waals surface area (Å²) in [5.41, 5.74) is -2.32. The maximum atomic E-state index is 13.3. The highest BCUT2D eigenvalue weighted by molar-refractivity contribution is 6.30. The number of alkyl halides is 3. The van der Waals surface area contributed by atoms with Gasteiger partial charge in [0.1, 0.15) is 5.54 Å². The first-order valence-electron chi connectivity index (χ1n) is 10.9. The van der Waals surface area contributed by atoms with Crippen LogP contribution in [0, 0.1) is 0 Å². The molecule has 1 aliphatic rings. The van der Waals surface area contributed by atoms with Crippen molar-refractivity contribution in [3.05, 3.63) is 81.0 Å². The van der Waals surface area contributed by atoms with Gasteiger partial charge < -0.3 is 20.7 Å². The first-order chi connectivity index (χ1) is 17.6. The standard InChI is InChI=1S/C23H20ClF3N6O4/c24-14-1-4-18(17(8-14)23(25,26)27)31-16-3-2-15(28-11-16)10-29-21(36)22(5-6-37-12-22)32-20(35)13-7-19(34)33-30-9-13/h1-4,7-9,11,31H,5-6,10,12H2,(H,29,36)(H,32,35)(H,33,34)/t22-/m0/s1. The smallest absolute Gasteiger partial charge is 0.378 e. The fourth-order valence-electron chi connectivity index (χ4n) is 3.65. The van der Waals surface area contributed by atoms with Crippen LogP contribution in [0.4, 0.5) is 24.5 Å². The van der Waals surface area contributed by atoms with E-state index in [9.17, 15) is 27.6 Å². The number of anilines is 2. The van der Waals surface area contributed by atoms with Crippen LogP contribution >= 0.6 is 11.6 Å². The summed E-state index contributed by atoms with van der Waals surface area (Å²) in [5.74, 6) is -1.18. The average molecular weight is 537 g/mol. The molecule has 0 spiro atoms. The zero-order valence-corrected chi connectivity index (χ0v) is 19.7. The number of amides is 2. The Morgan fingerprint density at radius 3 is 2.62 bits per heavy atom. The molecule has 2 amide bonds. The molecule has 0 radical (unpaired) electrons. The molecular formula is C23H20ClF3N6O4. The van der Waals surface area contributed by atoms with Crippen LogP contribution in [0.25, 0.3) is 0 Å². The van der Waals surface area contributed by atoms with Gasteiger partial charge in [-0.3, -0.25) is 19.4 Å². The molecule has 1 aromatic carbocycles. The van der Waals surface area contributed by atoms with Crippen LogP contribution < -0.4 is 21.5 Å². The summed E-state index contributed by atoms with van der Waals surface area (Å²) in [6.45, 7) is 0.155. The molecule has 14 heteroatoms. The summed E-state index contributed by atoms with van der Waals surface area (Å²) in [6, 6.07) is 7.49. The van der Waals surface area contributed by atoms with E-state index in [2.05, 4.69) is 31.1 Å². The van der Waals surface area contributed by atoms with E-state index in [0.717, 1.165) is 12.1 Å². The van der Waals surface area contributed by atoms with Crippen molar-refractivity contribution in [2.24, 2.45) is 0 Å². The molecule has 3 heterocycles. The molecule has 0 unspecified atom stereocenters. The van der Waals surface area contributed by atoms with Crippen LogP contribution in [0.3, 0.4) is 0 Å². The molecule has 10 nitrogen and oxygen atoms in total. The summed E-state index contributed by atoms with van der Waals surface area (Å²) in [6.07, 6.45) is -1.90. The van der Waals surface area contributed by atoms with Crippen molar-refractivity contribution in [2.45, 2.75) is 24.7 Å². The van der Waals surface area contributed by atoms with Crippen LogP contribution in [0.15, 0.2) is 53.6 Å². The summed E-state index contributed by atoms with van der Waals surface area (Å²) in [4.78, 5) is 41.2. The summed E-state index contributed by atoms with van der Waals surface area (Å²) in [7, 11) is 0. The van der Waals surface area contributed by atoms with Gasteiger partial charge in [0.15, 0.2) is 0 Å². The predicted octanol–water partition coefficient (Wildman–Crippen LogP) is 2.79. The van der Waals surface area contributed by atoms with E-state index in [1.807, 2.05) is 0 Å². The Balaban J connectivity index is 1.40. The largest absolute Gasteiger partial charge is 0.418 e. The van der Waals surface area contributed by atoms with Gasteiger partial charge in [0, 0.05) is 24.1 Å². The van der Waals surface area contributed by atoms with E-state index in [-0.39, 0.29) is 42.5 Å². The van der Waals surface area contributed by atoms with Crippen molar-refractivity contribution in [3.63, 3.8) is 0 Å². The number of carbonyl (C=O) groups excluding carboxylic acids is 2. The third kappa shape index (κ3) is 6.24. The van der Waals surface area contributed by atoms with Crippen molar-refractivity contribution in [1.82, 2.24) is 25.8 Å². The third-order valence-corrected chi connectivity index (χ3v) is 5.79. The zero-order chi connectivity index (χ0) is 26.6. The molecule has 3 aromatic rings. The van der Waals surface area contributed by atoms with Crippen molar-refractivity contribution in [3.8, 4) is 0 Å². The minimum Gasteiger partial charge on any atom is -0.378 e. The van der Waals surface area contributed by atoms with Gasteiger partial charge in [-0.15, -0.1) is 0 Å². The van der Waals surface area contributed by atoms with Gasteiger partial charge in [-0.1, -0.05) is 11.6 Å². The Hall–Kier alpha value is -3.97. The normalized spacial score (nSPS) is 17.3. The monoisotopic (exact) mass is 536 g/mol. The Morgan fingerprint density at radius 2 is 1.97 bits per heavy atom. The van der Waals surface area contributed by atoms with Crippen molar-refractivity contribution >= 4 is 34.8 Å². The predicted molar refractivity (Wildman–Crippen MR) is 126 cm³/mol. The molecule has 0 aliphatic carbocycles. The van der Waals surface area contributed by atoms with Gasteiger partial charge >= 0.3 is 6.18 Å². The minimum atomic E-state index is -4.60. The molecule has 1 aliphatic heterocycles. The van der Waals surface area contributed by atoms with Crippen LogP contribution in [-0.4, -0.2) is 45.7 Å². The second kappa shape index (κ2) is 10.6. The fraction of sp³-hybridized carbons (Fsp3) is 0.261. The number of carbonyl (C=O) groups is 2. The Morgan fingerprint density at radius 1 is 1.16 bits per heavy atom. The van der Waals surface area contributed by atoms with Crippen LogP contribution in [0.1, 0.15) is 28.0 Å². The SMILES string of the molecule is O=C(N[C@@]1(C(=O)NCc2ccc(Nc3ccc(Cl)cc3C(F)(F)F)cn2)CCOC1)c1cn[nH]c(=O)c1. The maximum absolute atomic E-state index is 13.3. The molecule has 4 rings (SSSR count). The lowest BCUT2D eigenvalue weighted by atomic mass is 9.96.